The molecule has 0 saturated heterocycles. The molecule has 1 fully saturated rings. The van der Waals surface area contributed by atoms with Gasteiger partial charge in [-0.25, -0.2) is 8.42 Å². The number of nitrogens with zero attached hydrogens (tertiary/aromatic N) is 1. The molecule has 0 aromatic heterocycles. The largest absolute Gasteiger partial charge is 0.454 e. The van der Waals surface area contributed by atoms with Crippen LogP contribution in [0.4, 0.5) is 0 Å². The van der Waals surface area contributed by atoms with E-state index in [9.17, 15) is 13.7 Å². The quantitative estimate of drug-likeness (QED) is 0.760. The molecule has 0 spiro atoms. The molecule has 0 N–H and O–H groups in total. The first-order chi connectivity index (χ1) is 13.0. The molecule has 0 amide bonds. The number of fused-ring (bicyclic) bond motifs is 1. The maximum Gasteiger partial charge on any atom is 0.231 e. The molecular formula is C20H19NO5S. The Hall–Kier alpha value is -2.56. The Balaban J connectivity index is 1.77. The summed E-state index contributed by atoms with van der Waals surface area (Å²) >= 11 is 0. The van der Waals surface area contributed by atoms with Crippen molar-refractivity contribution in [2.24, 2.45) is 5.41 Å². The summed E-state index contributed by atoms with van der Waals surface area (Å²) in [5, 5.41) is 9.07. The van der Waals surface area contributed by atoms with Crippen LogP contribution in [-0.4, -0.2) is 33.7 Å². The average molecular weight is 385 g/mol. The van der Waals surface area contributed by atoms with Crippen LogP contribution in [0.25, 0.3) is 0 Å². The maximum absolute atomic E-state index is 13.3. The van der Waals surface area contributed by atoms with Gasteiger partial charge in [-0.2, -0.15) is 5.26 Å². The summed E-state index contributed by atoms with van der Waals surface area (Å²) in [6.07, 6.45) is 0. The Labute approximate surface area is 158 Å². The SMILES string of the molecule is CCOC[C@]1(C#N)[C@H](c2ccc3c(c2)OCO3)[C@@H]1S(=O)(=O)c1ccccc1. The van der Waals surface area contributed by atoms with E-state index in [1.165, 1.54) is 0 Å². The summed E-state index contributed by atoms with van der Waals surface area (Å²) in [7, 11) is -3.70. The van der Waals surface area contributed by atoms with E-state index in [-0.39, 0.29) is 18.3 Å². The minimum absolute atomic E-state index is 0.0653. The predicted octanol–water partition coefficient (Wildman–Crippen LogP) is 2.90. The zero-order valence-electron chi connectivity index (χ0n) is 14.8. The van der Waals surface area contributed by atoms with E-state index in [0.717, 1.165) is 5.56 Å². The van der Waals surface area contributed by atoms with Crippen molar-refractivity contribution in [1.82, 2.24) is 0 Å². The molecule has 2 aliphatic rings. The van der Waals surface area contributed by atoms with Crippen LogP contribution in [0.5, 0.6) is 11.5 Å². The molecule has 1 saturated carbocycles. The van der Waals surface area contributed by atoms with Crippen molar-refractivity contribution in [2.75, 3.05) is 20.0 Å². The van der Waals surface area contributed by atoms with Gasteiger partial charge in [-0.1, -0.05) is 24.3 Å². The molecular weight excluding hydrogens is 366 g/mol. The van der Waals surface area contributed by atoms with Gasteiger partial charge in [-0.05, 0) is 36.8 Å². The van der Waals surface area contributed by atoms with Gasteiger partial charge in [0.15, 0.2) is 21.3 Å². The van der Waals surface area contributed by atoms with E-state index in [4.69, 9.17) is 14.2 Å². The summed E-state index contributed by atoms with van der Waals surface area (Å²) in [5.41, 5.74) is -0.386. The maximum atomic E-state index is 13.3. The van der Waals surface area contributed by atoms with Crippen molar-refractivity contribution in [3.8, 4) is 17.6 Å². The fourth-order valence-electron chi connectivity index (χ4n) is 3.80. The van der Waals surface area contributed by atoms with E-state index in [0.29, 0.717) is 18.1 Å². The van der Waals surface area contributed by atoms with Crippen LogP contribution in [0.15, 0.2) is 53.4 Å². The Bertz CT molecular complexity index is 999. The van der Waals surface area contributed by atoms with Gasteiger partial charge in [0.05, 0.1) is 22.8 Å². The van der Waals surface area contributed by atoms with Crippen LogP contribution in [-0.2, 0) is 14.6 Å². The highest BCUT2D eigenvalue weighted by Gasteiger charge is 2.72. The Morgan fingerprint density at radius 3 is 2.63 bits per heavy atom. The van der Waals surface area contributed by atoms with Crippen molar-refractivity contribution in [2.45, 2.75) is 23.0 Å². The molecule has 2 aromatic carbocycles. The standard InChI is InChI=1S/C20H19NO5S/c1-2-24-12-20(11-21)18(14-8-9-16-17(10-14)26-13-25-16)19(20)27(22,23)15-6-4-3-5-7-15/h3-10,18-19H,2,12-13H2,1H3/t18-,19+,20-/m1/s1. The average Bonchev–Trinajstić information content (AvgIpc) is 3.15. The highest BCUT2D eigenvalue weighted by molar-refractivity contribution is 7.92. The highest BCUT2D eigenvalue weighted by atomic mass is 32.2. The second-order valence-corrected chi connectivity index (χ2v) is 8.73. The van der Waals surface area contributed by atoms with E-state index in [1.54, 1.807) is 48.5 Å². The van der Waals surface area contributed by atoms with Crippen molar-refractivity contribution in [3.05, 3.63) is 54.1 Å². The first kappa shape index (κ1) is 17.8. The number of benzene rings is 2. The highest BCUT2D eigenvalue weighted by Crippen LogP contribution is 2.64. The summed E-state index contributed by atoms with van der Waals surface area (Å²) in [6, 6.07) is 15.8. The molecule has 6 nitrogen and oxygen atoms in total. The first-order valence-corrected chi connectivity index (χ1v) is 10.3. The monoisotopic (exact) mass is 385 g/mol. The summed E-state index contributed by atoms with van der Waals surface area (Å²) in [4.78, 5) is 0.217. The minimum Gasteiger partial charge on any atom is -0.454 e. The smallest absolute Gasteiger partial charge is 0.231 e. The number of sulfone groups is 1. The van der Waals surface area contributed by atoms with Crippen LogP contribution in [0.2, 0.25) is 0 Å². The van der Waals surface area contributed by atoms with E-state index < -0.39 is 26.4 Å². The van der Waals surface area contributed by atoms with Crippen molar-refractivity contribution >= 4 is 9.84 Å². The lowest BCUT2D eigenvalue weighted by atomic mass is 10.0. The molecule has 1 aliphatic carbocycles. The molecule has 1 heterocycles. The lowest BCUT2D eigenvalue weighted by molar-refractivity contribution is 0.117. The van der Waals surface area contributed by atoms with Gasteiger partial charge in [0.1, 0.15) is 5.41 Å². The molecule has 4 rings (SSSR count). The Morgan fingerprint density at radius 1 is 1.19 bits per heavy atom. The molecule has 1 aliphatic heterocycles. The lowest BCUT2D eigenvalue weighted by Crippen LogP contribution is -2.19. The third-order valence-electron chi connectivity index (χ3n) is 5.17. The van der Waals surface area contributed by atoms with Crippen LogP contribution < -0.4 is 9.47 Å². The van der Waals surface area contributed by atoms with Gasteiger partial charge in [-0.15, -0.1) is 0 Å². The van der Waals surface area contributed by atoms with Gasteiger partial charge in [0.2, 0.25) is 6.79 Å². The molecule has 7 heteroatoms. The lowest BCUT2D eigenvalue weighted by Gasteiger charge is -2.10. The summed E-state index contributed by atoms with van der Waals surface area (Å²) in [6.45, 7) is 2.44. The molecule has 0 radical (unpaired) electrons. The van der Waals surface area contributed by atoms with Crippen LogP contribution >= 0.6 is 0 Å². The number of rotatable bonds is 6. The van der Waals surface area contributed by atoms with Crippen molar-refractivity contribution in [3.63, 3.8) is 0 Å². The van der Waals surface area contributed by atoms with Gasteiger partial charge >= 0.3 is 0 Å². The second kappa shape index (κ2) is 6.55. The van der Waals surface area contributed by atoms with Crippen LogP contribution in [0, 0.1) is 16.7 Å². The van der Waals surface area contributed by atoms with E-state index >= 15 is 0 Å². The third kappa shape index (κ3) is 2.76. The number of hydrogen-bond acceptors (Lipinski definition) is 6. The van der Waals surface area contributed by atoms with Crippen molar-refractivity contribution < 1.29 is 22.6 Å². The molecule has 140 valence electrons. The third-order valence-corrected chi connectivity index (χ3v) is 7.46. The van der Waals surface area contributed by atoms with Gasteiger partial charge in [-0.3, -0.25) is 0 Å². The topological polar surface area (TPSA) is 85.6 Å². The fraction of sp³-hybridized carbons (Fsp3) is 0.350. The number of nitriles is 1. The minimum atomic E-state index is -3.70. The molecule has 0 unspecified atom stereocenters. The zero-order valence-corrected chi connectivity index (χ0v) is 15.6. The predicted molar refractivity (Wildman–Crippen MR) is 97.3 cm³/mol. The first-order valence-electron chi connectivity index (χ1n) is 8.72. The van der Waals surface area contributed by atoms with Crippen LogP contribution in [0.3, 0.4) is 0 Å². The normalized spacial score (nSPS) is 25.8. The second-order valence-electron chi connectivity index (χ2n) is 6.66. The molecule has 3 atom stereocenters. The van der Waals surface area contributed by atoms with E-state index in [1.807, 2.05) is 6.92 Å². The fourth-order valence-corrected chi connectivity index (χ4v) is 6.14. The summed E-state index contributed by atoms with van der Waals surface area (Å²) in [5.74, 6) is 0.696. The molecule has 27 heavy (non-hydrogen) atoms. The Kier molecular flexibility index (Phi) is 4.33. The van der Waals surface area contributed by atoms with Gasteiger partial charge < -0.3 is 14.2 Å². The number of hydrogen-bond donors (Lipinski definition) is 0. The zero-order chi connectivity index (χ0) is 19.1. The van der Waals surface area contributed by atoms with Gasteiger partial charge in [0, 0.05) is 12.5 Å². The van der Waals surface area contributed by atoms with Crippen LogP contribution in [0.1, 0.15) is 18.4 Å². The number of ether oxygens (including phenoxy) is 3. The van der Waals surface area contributed by atoms with Gasteiger partial charge in [0.25, 0.3) is 0 Å². The van der Waals surface area contributed by atoms with Crippen molar-refractivity contribution in [1.29, 1.82) is 5.26 Å². The molecule has 2 aromatic rings. The molecule has 0 bridgehead atoms. The Morgan fingerprint density at radius 2 is 1.93 bits per heavy atom. The van der Waals surface area contributed by atoms with E-state index in [2.05, 4.69) is 6.07 Å². The summed E-state index contributed by atoms with van der Waals surface area (Å²) < 4.78 is 42.8.